The van der Waals surface area contributed by atoms with Crippen molar-refractivity contribution in [2.45, 2.75) is 71.3 Å². The van der Waals surface area contributed by atoms with E-state index in [4.69, 9.17) is 5.73 Å². The van der Waals surface area contributed by atoms with Crippen molar-refractivity contribution in [2.75, 3.05) is 19.6 Å². The monoisotopic (exact) mass is 240 g/mol. The summed E-state index contributed by atoms with van der Waals surface area (Å²) in [5.41, 5.74) is 6.49. The number of rotatable bonds is 6. The van der Waals surface area contributed by atoms with Crippen LogP contribution in [0.15, 0.2) is 0 Å². The molecule has 0 aromatic carbocycles. The van der Waals surface area contributed by atoms with Gasteiger partial charge in [0.2, 0.25) is 0 Å². The van der Waals surface area contributed by atoms with Gasteiger partial charge in [-0.2, -0.15) is 0 Å². The highest BCUT2D eigenvalue weighted by molar-refractivity contribution is 4.93. The third-order valence-electron chi connectivity index (χ3n) is 4.48. The van der Waals surface area contributed by atoms with Crippen molar-refractivity contribution in [2.24, 2.45) is 11.7 Å². The van der Waals surface area contributed by atoms with Gasteiger partial charge in [0.15, 0.2) is 0 Å². The Morgan fingerprint density at radius 3 is 2.29 bits per heavy atom. The smallest absolute Gasteiger partial charge is 0.0331 e. The average molecular weight is 240 g/mol. The Balaban J connectivity index is 2.74. The molecule has 0 radical (unpaired) electrons. The fourth-order valence-electron chi connectivity index (χ4n) is 3.34. The van der Waals surface area contributed by atoms with Crippen LogP contribution in [-0.4, -0.2) is 30.1 Å². The maximum atomic E-state index is 6.17. The number of nitrogens with two attached hydrogens (primary N) is 1. The van der Waals surface area contributed by atoms with Crippen LogP contribution in [-0.2, 0) is 0 Å². The van der Waals surface area contributed by atoms with Crippen LogP contribution in [0.2, 0.25) is 0 Å². The Bertz CT molecular complexity index is 199. The molecule has 0 aromatic rings. The summed E-state index contributed by atoms with van der Waals surface area (Å²) in [5, 5.41) is 0. The molecule has 17 heavy (non-hydrogen) atoms. The van der Waals surface area contributed by atoms with E-state index in [0.29, 0.717) is 5.54 Å². The van der Waals surface area contributed by atoms with Crippen LogP contribution in [0, 0.1) is 5.92 Å². The highest BCUT2D eigenvalue weighted by atomic mass is 15.2. The van der Waals surface area contributed by atoms with E-state index in [-0.39, 0.29) is 0 Å². The summed E-state index contributed by atoms with van der Waals surface area (Å²) in [4.78, 5) is 2.70. The fraction of sp³-hybridized carbons (Fsp3) is 1.00. The van der Waals surface area contributed by atoms with Crippen molar-refractivity contribution >= 4 is 0 Å². The first-order valence-corrected chi connectivity index (χ1v) is 7.63. The van der Waals surface area contributed by atoms with Gasteiger partial charge in [0.05, 0.1) is 0 Å². The molecule has 0 amide bonds. The summed E-state index contributed by atoms with van der Waals surface area (Å²) in [6.07, 6.45) is 9.24. The Morgan fingerprint density at radius 1 is 1.12 bits per heavy atom. The van der Waals surface area contributed by atoms with E-state index in [1.807, 2.05) is 0 Å². The van der Waals surface area contributed by atoms with Gasteiger partial charge < -0.3 is 5.73 Å². The van der Waals surface area contributed by atoms with Gasteiger partial charge in [-0.3, -0.25) is 4.90 Å². The largest absolute Gasteiger partial charge is 0.329 e. The fourth-order valence-corrected chi connectivity index (χ4v) is 3.34. The average Bonchev–Trinajstić information content (AvgIpc) is 2.52. The zero-order valence-corrected chi connectivity index (χ0v) is 12.2. The second-order valence-electron chi connectivity index (χ2n) is 5.95. The molecule has 102 valence electrons. The van der Waals surface area contributed by atoms with Gasteiger partial charge in [-0.1, -0.05) is 33.6 Å². The standard InChI is InChI=1S/C15H32N2/c1-4-11-17(12-5-2)15(13-16)9-6-7-14(3)8-10-15/h14H,4-13,16H2,1-3H3. The molecule has 0 bridgehead atoms. The zero-order chi connectivity index (χ0) is 12.7. The van der Waals surface area contributed by atoms with Crippen molar-refractivity contribution in [3.63, 3.8) is 0 Å². The SMILES string of the molecule is CCCN(CCC)C1(CN)CCCC(C)CC1. The number of hydrogen-bond acceptors (Lipinski definition) is 2. The van der Waals surface area contributed by atoms with Gasteiger partial charge in [-0.15, -0.1) is 0 Å². The third kappa shape index (κ3) is 3.96. The minimum Gasteiger partial charge on any atom is -0.329 e. The highest BCUT2D eigenvalue weighted by Crippen LogP contribution is 2.34. The molecular weight excluding hydrogens is 208 g/mol. The quantitative estimate of drug-likeness (QED) is 0.721. The lowest BCUT2D eigenvalue weighted by atomic mass is 9.87. The summed E-state index contributed by atoms with van der Waals surface area (Å²) in [7, 11) is 0. The first-order chi connectivity index (χ1) is 8.18. The van der Waals surface area contributed by atoms with E-state index in [1.54, 1.807) is 0 Å². The molecule has 1 saturated carbocycles. The second kappa shape index (κ2) is 7.38. The summed E-state index contributed by atoms with van der Waals surface area (Å²) in [6.45, 7) is 10.3. The van der Waals surface area contributed by atoms with Crippen LogP contribution in [0.5, 0.6) is 0 Å². The van der Waals surface area contributed by atoms with Gasteiger partial charge in [0, 0.05) is 12.1 Å². The van der Waals surface area contributed by atoms with E-state index in [9.17, 15) is 0 Å². The Kier molecular flexibility index (Phi) is 6.50. The molecular formula is C15H32N2. The molecule has 1 aliphatic carbocycles. The molecule has 2 atom stereocenters. The van der Waals surface area contributed by atoms with E-state index in [1.165, 1.54) is 58.0 Å². The first-order valence-electron chi connectivity index (χ1n) is 7.63. The minimum atomic E-state index is 0.316. The lowest BCUT2D eigenvalue weighted by Gasteiger charge is -2.43. The van der Waals surface area contributed by atoms with Crippen LogP contribution in [0.3, 0.4) is 0 Å². The van der Waals surface area contributed by atoms with Crippen molar-refractivity contribution in [1.82, 2.24) is 4.90 Å². The van der Waals surface area contributed by atoms with Gasteiger partial charge in [-0.05, 0) is 51.1 Å². The van der Waals surface area contributed by atoms with Crippen LogP contribution in [0.1, 0.15) is 65.7 Å². The molecule has 1 fully saturated rings. The van der Waals surface area contributed by atoms with Crippen LogP contribution < -0.4 is 5.73 Å². The van der Waals surface area contributed by atoms with Crippen LogP contribution in [0.4, 0.5) is 0 Å². The highest BCUT2D eigenvalue weighted by Gasteiger charge is 2.35. The summed E-state index contributed by atoms with van der Waals surface area (Å²) >= 11 is 0. The normalized spacial score (nSPS) is 30.5. The molecule has 1 aliphatic rings. The Morgan fingerprint density at radius 2 is 1.76 bits per heavy atom. The molecule has 0 saturated heterocycles. The summed E-state index contributed by atoms with van der Waals surface area (Å²) < 4.78 is 0. The molecule has 2 unspecified atom stereocenters. The second-order valence-corrected chi connectivity index (χ2v) is 5.95. The minimum absolute atomic E-state index is 0.316. The molecule has 0 aliphatic heterocycles. The molecule has 0 spiro atoms. The lowest BCUT2D eigenvalue weighted by Crippen LogP contribution is -2.54. The van der Waals surface area contributed by atoms with Crippen LogP contribution in [0.25, 0.3) is 0 Å². The number of hydrogen-bond donors (Lipinski definition) is 1. The van der Waals surface area contributed by atoms with Crippen LogP contribution >= 0.6 is 0 Å². The van der Waals surface area contributed by atoms with E-state index in [2.05, 4.69) is 25.7 Å². The van der Waals surface area contributed by atoms with Crippen molar-refractivity contribution in [1.29, 1.82) is 0 Å². The number of nitrogens with zero attached hydrogens (tertiary/aromatic N) is 1. The molecule has 0 heterocycles. The predicted octanol–water partition coefficient (Wildman–Crippen LogP) is 3.41. The summed E-state index contributed by atoms with van der Waals surface area (Å²) in [5.74, 6) is 0.897. The van der Waals surface area contributed by atoms with Gasteiger partial charge in [-0.25, -0.2) is 0 Å². The van der Waals surface area contributed by atoms with Crippen molar-refractivity contribution < 1.29 is 0 Å². The topological polar surface area (TPSA) is 29.3 Å². The zero-order valence-electron chi connectivity index (χ0n) is 12.2. The maximum absolute atomic E-state index is 6.17. The Labute approximate surface area is 108 Å². The predicted molar refractivity (Wildman–Crippen MR) is 76.2 cm³/mol. The van der Waals surface area contributed by atoms with Gasteiger partial charge in [0.25, 0.3) is 0 Å². The van der Waals surface area contributed by atoms with E-state index in [0.717, 1.165) is 12.5 Å². The van der Waals surface area contributed by atoms with E-state index >= 15 is 0 Å². The molecule has 0 aromatic heterocycles. The third-order valence-corrected chi connectivity index (χ3v) is 4.48. The Hall–Kier alpha value is -0.0800. The van der Waals surface area contributed by atoms with Crippen molar-refractivity contribution in [3.8, 4) is 0 Å². The lowest BCUT2D eigenvalue weighted by molar-refractivity contribution is 0.0767. The van der Waals surface area contributed by atoms with Crippen molar-refractivity contribution in [3.05, 3.63) is 0 Å². The maximum Gasteiger partial charge on any atom is 0.0331 e. The molecule has 2 nitrogen and oxygen atoms in total. The van der Waals surface area contributed by atoms with Gasteiger partial charge >= 0.3 is 0 Å². The summed E-state index contributed by atoms with van der Waals surface area (Å²) in [6, 6.07) is 0. The van der Waals surface area contributed by atoms with E-state index < -0.39 is 0 Å². The molecule has 1 rings (SSSR count). The van der Waals surface area contributed by atoms with Gasteiger partial charge in [0.1, 0.15) is 0 Å². The molecule has 2 N–H and O–H groups in total. The molecule has 2 heteroatoms. The first kappa shape index (κ1) is 15.0.